The first-order valence-corrected chi connectivity index (χ1v) is 8.14. The Morgan fingerprint density at radius 2 is 2.14 bits per heavy atom. The fraction of sp³-hybridized carbons (Fsp3) is 0.312. The third-order valence-electron chi connectivity index (χ3n) is 3.52. The molecule has 3 aromatic heterocycles. The molecule has 0 bridgehead atoms. The predicted molar refractivity (Wildman–Crippen MR) is 86.7 cm³/mol. The van der Waals surface area contributed by atoms with Crippen molar-refractivity contribution in [1.29, 1.82) is 0 Å². The quantitative estimate of drug-likeness (QED) is 0.788. The van der Waals surface area contributed by atoms with Crippen LogP contribution in [0, 0.1) is 5.92 Å². The van der Waals surface area contributed by atoms with E-state index in [4.69, 9.17) is 0 Å². The van der Waals surface area contributed by atoms with Gasteiger partial charge in [0.15, 0.2) is 11.5 Å². The van der Waals surface area contributed by atoms with Crippen LogP contribution in [-0.2, 0) is 11.2 Å². The number of thiophene rings is 1. The van der Waals surface area contributed by atoms with E-state index in [-0.39, 0.29) is 17.9 Å². The smallest absolute Gasteiger partial charge is 0.225 e. The van der Waals surface area contributed by atoms with Crippen LogP contribution in [0.2, 0.25) is 0 Å². The van der Waals surface area contributed by atoms with Crippen molar-refractivity contribution in [2.45, 2.75) is 26.3 Å². The van der Waals surface area contributed by atoms with Crippen molar-refractivity contribution in [3.63, 3.8) is 0 Å². The van der Waals surface area contributed by atoms with Crippen LogP contribution in [0.25, 0.3) is 5.65 Å². The summed E-state index contributed by atoms with van der Waals surface area (Å²) in [5, 5.41) is 13.5. The number of fused-ring (bicyclic) bond motifs is 1. The highest BCUT2D eigenvalue weighted by Crippen LogP contribution is 2.21. The molecular weight excluding hydrogens is 296 g/mol. The number of nitrogens with zero attached hydrogens (tertiary/aromatic N) is 3. The third-order valence-corrected chi connectivity index (χ3v) is 4.39. The standard InChI is InChI=1S/C16H18N4OS/c1-11(2)15(17-14(21)10-12-6-5-9-22-12)16-19-18-13-7-3-4-8-20(13)16/h3-9,11,15H,10H2,1-2H3,(H,17,21)/t15-/m1/s1. The lowest BCUT2D eigenvalue weighted by molar-refractivity contribution is -0.121. The van der Waals surface area contributed by atoms with Crippen LogP contribution in [0.15, 0.2) is 41.9 Å². The van der Waals surface area contributed by atoms with E-state index in [0.717, 1.165) is 16.3 Å². The van der Waals surface area contributed by atoms with Crippen molar-refractivity contribution in [3.8, 4) is 0 Å². The highest BCUT2D eigenvalue weighted by atomic mass is 32.1. The first kappa shape index (κ1) is 14.7. The largest absolute Gasteiger partial charge is 0.345 e. The van der Waals surface area contributed by atoms with Gasteiger partial charge in [0.25, 0.3) is 0 Å². The molecule has 114 valence electrons. The van der Waals surface area contributed by atoms with Crippen LogP contribution in [0.4, 0.5) is 0 Å². The van der Waals surface area contributed by atoms with Gasteiger partial charge >= 0.3 is 0 Å². The number of hydrogen-bond acceptors (Lipinski definition) is 4. The van der Waals surface area contributed by atoms with Gasteiger partial charge in [-0.3, -0.25) is 9.20 Å². The molecular formula is C16H18N4OS. The van der Waals surface area contributed by atoms with Gasteiger partial charge in [-0.25, -0.2) is 0 Å². The lowest BCUT2D eigenvalue weighted by Gasteiger charge is -2.20. The molecule has 3 heterocycles. The molecule has 22 heavy (non-hydrogen) atoms. The zero-order chi connectivity index (χ0) is 15.5. The van der Waals surface area contributed by atoms with E-state index in [1.807, 2.05) is 46.3 Å². The molecule has 3 rings (SSSR count). The number of amides is 1. The van der Waals surface area contributed by atoms with E-state index < -0.39 is 0 Å². The minimum atomic E-state index is -0.162. The maximum Gasteiger partial charge on any atom is 0.225 e. The fourth-order valence-corrected chi connectivity index (χ4v) is 3.10. The number of nitrogens with one attached hydrogen (secondary N) is 1. The zero-order valence-corrected chi connectivity index (χ0v) is 13.4. The van der Waals surface area contributed by atoms with E-state index in [9.17, 15) is 4.79 Å². The van der Waals surface area contributed by atoms with Crippen molar-refractivity contribution in [2.75, 3.05) is 0 Å². The molecule has 0 radical (unpaired) electrons. The molecule has 5 nitrogen and oxygen atoms in total. The lowest BCUT2D eigenvalue weighted by atomic mass is 10.0. The van der Waals surface area contributed by atoms with Gasteiger partial charge in [0.1, 0.15) is 0 Å². The van der Waals surface area contributed by atoms with E-state index in [1.165, 1.54) is 0 Å². The Labute approximate surface area is 133 Å². The molecule has 1 N–H and O–H groups in total. The lowest BCUT2D eigenvalue weighted by Crippen LogP contribution is -2.34. The average Bonchev–Trinajstić information content (AvgIpc) is 3.14. The Balaban J connectivity index is 1.82. The topological polar surface area (TPSA) is 59.3 Å². The van der Waals surface area contributed by atoms with E-state index >= 15 is 0 Å². The molecule has 0 aliphatic rings. The van der Waals surface area contributed by atoms with Crippen LogP contribution in [-0.4, -0.2) is 20.5 Å². The first-order valence-electron chi connectivity index (χ1n) is 7.26. The van der Waals surface area contributed by atoms with Crippen LogP contribution in [0.1, 0.15) is 30.6 Å². The Hall–Kier alpha value is -2.21. The summed E-state index contributed by atoms with van der Waals surface area (Å²) in [6.45, 7) is 4.14. The Bertz CT molecular complexity index is 763. The second-order valence-electron chi connectivity index (χ2n) is 5.53. The summed E-state index contributed by atoms with van der Waals surface area (Å²) < 4.78 is 1.93. The van der Waals surface area contributed by atoms with E-state index in [0.29, 0.717) is 6.42 Å². The maximum atomic E-state index is 12.3. The summed E-state index contributed by atoms with van der Waals surface area (Å²) >= 11 is 1.59. The molecule has 0 unspecified atom stereocenters. The van der Waals surface area contributed by atoms with E-state index in [1.54, 1.807) is 11.3 Å². The summed E-state index contributed by atoms with van der Waals surface area (Å²) in [6, 6.07) is 9.53. The maximum absolute atomic E-state index is 12.3. The predicted octanol–water partition coefficient (Wildman–Crippen LogP) is 2.85. The average molecular weight is 314 g/mol. The fourth-order valence-electron chi connectivity index (χ4n) is 2.40. The molecule has 0 fully saturated rings. The van der Waals surface area contributed by atoms with Crippen LogP contribution in [0.5, 0.6) is 0 Å². The Morgan fingerprint density at radius 1 is 1.27 bits per heavy atom. The monoisotopic (exact) mass is 314 g/mol. The first-order chi connectivity index (χ1) is 10.6. The van der Waals surface area contributed by atoms with Crippen molar-refractivity contribution in [1.82, 2.24) is 19.9 Å². The Morgan fingerprint density at radius 3 is 2.86 bits per heavy atom. The number of rotatable bonds is 5. The summed E-state index contributed by atoms with van der Waals surface area (Å²) in [5.74, 6) is 0.999. The van der Waals surface area contributed by atoms with Gasteiger partial charge in [-0.1, -0.05) is 26.0 Å². The van der Waals surface area contributed by atoms with Crippen LogP contribution >= 0.6 is 11.3 Å². The molecule has 0 spiro atoms. The molecule has 0 saturated heterocycles. The van der Waals surface area contributed by atoms with Crippen molar-refractivity contribution < 1.29 is 4.79 Å². The van der Waals surface area contributed by atoms with Crippen molar-refractivity contribution in [2.24, 2.45) is 5.92 Å². The van der Waals surface area contributed by atoms with Gasteiger partial charge in [-0.05, 0) is 29.5 Å². The SMILES string of the molecule is CC(C)[C@@H](NC(=O)Cc1cccs1)c1nnc2ccccn12. The number of pyridine rings is 1. The molecule has 1 amide bonds. The van der Waals surface area contributed by atoms with Gasteiger partial charge in [-0.2, -0.15) is 0 Å². The highest BCUT2D eigenvalue weighted by Gasteiger charge is 2.23. The van der Waals surface area contributed by atoms with Gasteiger partial charge < -0.3 is 5.32 Å². The number of aromatic nitrogens is 3. The summed E-state index contributed by atoms with van der Waals surface area (Å²) in [4.78, 5) is 13.4. The highest BCUT2D eigenvalue weighted by molar-refractivity contribution is 7.10. The Kier molecular flexibility index (Phi) is 4.20. The number of hydrogen-bond donors (Lipinski definition) is 1. The van der Waals surface area contributed by atoms with Crippen molar-refractivity contribution >= 4 is 22.9 Å². The minimum absolute atomic E-state index is 0.00818. The summed E-state index contributed by atoms with van der Waals surface area (Å²) in [7, 11) is 0. The minimum Gasteiger partial charge on any atom is -0.345 e. The van der Waals surface area contributed by atoms with Crippen LogP contribution < -0.4 is 5.32 Å². The summed E-state index contributed by atoms with van der Waals surface area (Å²) in [6.07, 6.45) is 2.32. The molecule has 0 aliphatic carbocycles. The molecule has 1 atom stereocenters. The van der Waals surface area contributed by atoms with Gasteiger partial charge in [0, 0.05) is 11.1 Å². The third kappa shape index (κ3) is 3.01. The van der Waals surface area contributed by atoms with Gasteiger partial charge in [0.2, 0.25) is 5.91 Å². The van der Waals surface area contributed by atoms with Crippen LogP contribution in [0.3, 0.4) is 0 Å². The second kappa shape index (κ2) is 6.27. The van der Waals surface area contributed by atoms with Gasteiger partial charge in [-0.15, -0.1) is 21.5 Å². The normalized spacial score (nSPS) is 12.7. The molecule has 3 aromatic rings. The summed E-state index contributed by atoms with van der Waals surface area (Å²) in [5.41, 5.74) is 0.788. The van der Waals surface area contributed by atoms with Crippen molar-refractivity contribution in [3.05, 3.63) is 52.6 Å². The van der Waals surface area contributed by atoms with E-state index in [2.05, 4.69) is 29.4 Å². The zero-order valence-electron chi connectivity index (χ0n) is 12.6. The van der Waals surface area contributed by atoms with Gasteiger partial charge in [0.05, 0.1) is 12.5 Å². The molecule has 6 heteroatoms. The molecule has 0 aromatic carbocycles. The molecule has 0 saturated carbocycles. The number of carbonyl (C=O) groups is 1. The number of carbonyl (C=O) groups excluding carboxylic acids is 1. The molecule has 0 aliphatic heterocycles. The second-order valence-corrected chi connectivity index (χ2v) is 6.56.